The normalized spacial score (nSPS) is 10.9. The van der Waals surface area contributed by atoms with E-state index in [-0.39, 0.29) is 11.1 Å². The predicted molar refractivity (Wildman–Crippen MR) is 83.8 cm³/mol. The van der Waals surface area contributed by atoms with Gasteiger partial charge >= 0.3 is 5.97 Å². The molecule has 1 heterocycles. The second-order valence-corrected chi connectivity index (χ2v) is 5.61. The molecule has 0 aliphatic heterocycles. The third-order valence-electron chi connectivity index (χ3n) is 3.49. The van der Waals surface area contributed by atoms with Gasteiger partial charge in [0.15, 0.2) is 0 Å². The van der Waals surface area contributed by atoms with Crippen molar-refractivity contribution in [3.63, 3.8) is 0 Å². The van der Waals surface area contributed by atoms with E-state index < -0.39 is 11.9 Å². The van der Waals surface area contributed by atoms with Gasteiger partial charge in [0, 0.05) is 24.5 Å². The zero-order valence-corrected chi connectivity index (χ0v) is 13.0. The molecule has 0 aliphatic rings. The van der Waals surface area contributed by atoms with Gasteiger partial charge in [-0.1, -0.05) is 6.07 Å². The number of carbonyl (C=O) groups excluding carboxylic acids is 1. The number of fused-ring (bicyclic) bond motifs is 1. The van der Waals surface area contributed by atoms with Crippen LogP contribution in [0.2, 0.25) is 0 Å². The summed E-state index contributed by atoms with van der Waals surface area (Å²) in [5.41, 5.74) is 0.924. The van der Waals surface area contributed by atoms with Crippen LogP contribution in [-0.2, 0) is 0 Å². The Hall–Kier alpha value is -2.67. The molecule has 0 radical (unpaired) electrons. The van der Waals surface area contributed by atoms with Crippen molar-refractivity contribution in [1.29, 1.82) is 0 Å². The molecule has 0 bridgehead atoms. The summed E-state index contributed by atoms with van der Waals surface area (Å²) in [5, 5.41) is 23.9. The molecule has 1 aromatic carbocycles. The number of benzene rings is 1. The molecule has 0 aliphatic carbocycles. The Balaban J connectivity index is 2.43. The van der Waals surface area contributed by atoms with Crippen LogP contribution >= 0.6 is 0 Å². The summed E-state index contributed by atoms with van der Waals surface area (Å²) in [7, 11) is 4.08. The van der Waals surface area contributed by atoms with Crippen LogP contribution in [0.15, 0.2) is 24.4 Å². The van der Waals surface area contributed by atoms with E-state index in [0.717, 1.165) is 13.0 Å². The summed E-state index contributed by atoms with van der Waals surface area (Å²) in [6.07, 6.45) is 2.13. The van der Waals surface area contributed by atoms with Crippen LogP contribution in [0, 0.1) is 0 Å². The molecule has 0 saturated carbocycles. The van der Waals surface area contributed by atoms with Crippen molar-refractivity contribution in [2.45, 2.75) is 6.42 Å². The van der Waals surface area contributed by atoms with E-state index in [1.807, 2.05) is 14.1 Å². The number of hydrogen-bond acceptors (Lipinski definition) is 5. The lowest BCUT2D eigenvalue weighted by Crippen LogP contribution is -3.05. The number of aromatic carboxylic acids is 2. The Kier molecular flexibility index (Phi) is 5.13. The van der Waals surface area contributed by atoms with Gasteiger partial charge in [-0.05, 0) is 17.7 Å². The average Bonchev–Trinajstić information content (AvgIpc) is 2.50. The second kappa shape index (κ2) is 7.06. The number of carbonyl (C=O) groups is 2. The minimum absolute atomic E-state index is 0.0115. The number of aromatic nitrogens is 1. The highest BCUT2D eigenvalue weighted by Crippen LogP contribution is 2.27. The third-order valence-corrected chi connectivity index (χ3v) is 3.49. The van der Waals surface area contributed by atoms with Crippen LogP contribution in [-0.4, -0.2) is 49.2 Å². The summed E-state index contributed by atoms with van der Waals surface area (Å²) in [6, 6.07) is 4.33. The number of carboxylic acids is 2. The first-order chi connectivity index (χ1) is 10.9. The van der Waals surface area contributed by atoms with Gasteiger partial charge in [0.1, 0.15) is 5.56 Å². The van der Waals surface area contributed by atoms with Gasteiger partial charge in [0.05, 0.1) is 37.8 Å². The van der Waals surface area contributed by atoms with Crippen molar-refractivity contribution in [3.8, 4) is 0 Å². The lowest BCUT2D eigenvalue weighted by Gasteiger charge is -2.14. The molecule has 3 N–H and O–H groups in total. The maximum absolute atomic E-state index is 11.4. The summed E-state index contributed by atoms with van der Waals surface area (Å²) < 4.78 is 0. The molecule has 0 fully saturated rings. The Morgan fingerprint density at radius 1 is 1.35 bits per heavy atom. The predicted octanol–water partition coefficient (Wildman–Crippen LogP) is -0.757. The molecule has 122 valence electrons. The number of carboxylic acid groups (broad SMARTS) is 2. The van der Waals surface area contributed by atoms with E-state index in [0.29, 0.717) is 23.1 Å². The fourth-order valence-electron chi connectivity index (χ4n) is 2.33. The number of anilines is 1. The van der Waals surface area contributed by atoms with Crippen LogP contribution in [0.4, 0.5) is 5.69 Å². The van der Waals surface area contributed by atoms with Crippen molar-refractivity contribution in [3.05, 3.63) is 35.5 Å². The standard InChI is InChI=1S/C16H19N3O4/c1-19(2)7-3-6-17-14-11-8-10(15(20)21)4-5-13(11)18-9-12(14)16(22)23/h4-5,8-9H,3,6-7H2,1-2H3,(H,17,18)(H,20,21)(H,22,23). The number of rotatable bonds is 7. The fraction of sp³-hybridized carbons (Fsp3) is 0.312. The fourth-order valence-corrected chi connectivity index (χ4v) is 2.33. The summed E-state index contributed by atoms with van der Waals surface area (Å²) in [4.78, 5) is 27.8. The molecule has 7 heteroatoms. The van der Waals surface area contributed by atoms with Crippen LogP contribution in [0.1, 0.15) is 27.1 Å². The molecular weight excluding hydrogens is 298 g/mol. The van der Waals surface area contributed by atoms with Crippen LogP contribution < -0.4 is 15.3 Å². The smallest absolute Gasteiger partial charge is 0.339 e. The SMILES string of the molecule is C[NH+](C)CCCNc1c(C(=O)O)cnc2ccc(C(=O)[O-])cc12. The molecule has 2 rings (SSSR count). The Labute approximate surface area is 133 Å². The molecule has 0 saturated heterocycles. The highest BCUT2D eigenvalue weighted by atomic mass is 16.4. The van der Waals surface area contributed by atoms with Crippen LogP contribution in [0.25, 0.3) is 10.9 Å². The Bertz CT molecular complexity index is 738. The van der Waals surface area contributed by atoms with E-state index in [4.69, 9.17) is 0 Å². The lowest BCUT2D eigenvalue weighted by atomic mass is 10.1. The van der Waals surface area contributed by atoms with Gasteiger partial charge in [0.2, 0.25) is 0 Å². The molecule has 7 nitrogen and oxygen atoms in total. The molecule has 0 unspecified atom stereocenters. The second-order valence-electron chi connectivity index (χ2n) is 5.61. The highest BCUT2D eigenvalue weighted by Gasteiger charge is 2.15. The number of quaternary nitrogens is 1. The largest absolute Gasteiger partial charge is 0.545 e. The minimum atomic E-state index is -1.31. The van der Waals surface area contributed by atoms with Crippen molar-refractivity contribution in [2.24, 2.45) is 0 Å². The van der Waals surface area contributed by atoms with Crippen molar-refractivity contribution in [1.82, 2.24) is 4.98 Å². The first kappa shape index (κ1) is 16.7. The number of nitrogens with one attached hydrogen (secondary N) is 2. The maximum Gasteiger partial charge on any atom is 0.339 e. The molecular formula is C16H19N3O4. The summed E-state index contributed by atoms with van der Waals surface area (Å²) in [5.74, 6) is -2.42. The molecule has 1 aromatic heterocycles. The third kappa shape index (κ3) is 3.95. The highest BCUT2D eigenvalue weighted by molar-refractivity contribution is 6.05. The molecule has 0 spiro atoms. The van der Waals surface area contributed by atoms with E-state index >= 15 is 0 Å². The topological polar surface area (TPSA) is 107 Å². The van der Waals surface area contributed by atoms with E-state index in [2.05, 4.69) is 10.3 Å². The van der Waals surface area contributed by atoms with E-state index in [9.17, 15) is 19.8 Å². The van der Waals surface area contributed by atoms with Gasteiger partial charge in [0.25, 0.3) is 0 Å². The Morgan fingerprint density at radius 3 is 2.70 bits per heavy atom. The van der Waals surface area contributed by atoms with E-state index in [1.54, 1.807) is 6.07 Å². The van der Waals surface area contributed by atoms with Crippen molar-refractivity contribution in [2.75, 3.05) is 32.5 Å². The van der Waals surface area contributed by atoms with Gasteiger partial charge in [-0.15, -0.1) is 0 Å². The molecule has 0 amide bonds. The average molecular weight is 317 g/mol. The van der Waals surface area contributed by atoms with Crippen molar-refractivity contribution < 1.29 is 24.7 Å². The zero-order valence-electron chi connectivity index (χ0n) is 13.0. The van der Waals surface area contributed by atoms with Crippen LogP contribution in [0.5, 0.6) is 0 Å². The maximum atomic E-state index is 11.4. The Morgan fingerprint density at radius 2 is 2.09 bits per heavy atom. The minimum Gasteiger partial charge on any atom is -0.545 e. The summed E-state index contributed by atoms with van der Waals surface area (Å²) >= 11 is 0. The number of nitrogens with zero attached hydrogens (tertiary/aromatic N) is 1. The quantitative estimate of drug-likeness (QED) is 0.580. The van der Waals surface area contributed by atoms with Gasteiger partial charge in [-0.25, -0.2) is 4.79 Å². The molecule has 0 atom stereocenters. The monoisotopic (exact) mass is 317 g/mol. The van der Waals surface area contributed by atoms with Gasteiger partial charge < -0.3 is 25.2 Å². The first-order valence-corrected chi connectivity index (χ1v) is 7.30. The van der Waals surface area contributed by atoms with Crippen molar-refractivity contribution >= 4 is 28.5 Å². The van der Waals surface area contributed by atoms with Gasteiger partial charge in [-0.2, -0.15) is 0 Å². The number of pyridine rings is 1. The molecule has 23 heavy (non-hydrogen) atoms. The zero-order chi connectivity index (χ0) is 17.0. The summed E-state index contributed by atoms with van der Waals surface area (Å²) in [6.45, 7) is 1.52. The van der Waals surface area contributed by atoms with Gasteiger partial charge in [-0.3, -0.25) is 4.98 Å². The van der Waals surface area contributed by atoms with Crippen LogP contribution in [0.3, 0.4) is 0 Å². The first-order valence-electron chi connectivity index (χ1n) is 7.30. The molecule has 2 aromatic rings. The number of hydrogen-bond donors (Lipinski definition) is 3. The van der Waals surface area contributed by atoms with E-state index in [1.165, 1.54) is 23.2 Å². The lowest BCUT2D eigenvalue weighted by molar-refractivity contribution is -0.858.